The van der Waals surface area contributed by atoms with Crippen molar-refractivity contribution in [3.8, 4) is 5.75 Å². The number of nitrogens with one attached hydrogen (secondary N) is 1. The van der Waals surface area contributed by atoms with E-state index in [4.69, 9.17) is 15.2 Å². The van der Waals surface area contributed by atoms with E-state index in [0.29, 0.717) is 32.1 Å². The van der Waals surface area contributed by atoms with Gasteiger partial charge < -0.3 is 20.5 Å². The Morgan fingerprint density at radius 1 is 1.41 bits per heavy atom. The molecule has 8 nitrogen and oxygen atoms in total. The third-order valence-corrected chi connectivity index (χ3v) is 4.47. The van der Waals surface area contributed by atoms with Crippen LogP contribution in [-0.2, 0) is 22.7 Å². The highest BCUT2D eigenvalue weighted by Gasteiger charge is 2.19. The highest BCUT2D eigenvalue weighted by Crippen LogP contribution is 2.29. The number of nitrogens with zero attached hydrogens (tertiary/aromatic N) is 3. The first-order valence-electron chi connectivity index (χ1n) is 8.75. The average Bonchev–Trinajstić information content (AvgIpc) is 2.91. The SMILES string of the molecule is CC(=O)Nc1ccc2c(c1)OCc1cc(/C(C=NC3COC3)=C/N)nn1C2. The minimum Gasteiger partial charge on any atom is -0.487 e. The van der Waals surface area contributed by atoms with Crippen LogP contribution >= 0.6 is 0 Å². The molecule has 2 aliphatic heterocycles. The molecule has 1 aromatic carbocycles. The van der Waals surface area contributed by atoms with Gasteiger partial charge in [-0.1, -0.05) is 6.07 Å². The summed E-state index contributed by atoms with van der Waals surface area (Å²) in [6.45, 7) is 3.75. The first kappa shape index (κ1) is 17.3. The first-order chi connectivity index (χ1) is 13.1. The fraction of sp³-hybridized carbons (Fsp3) is 0.316. The number of anilines is 1. The van der Waals surface area contributed by atoms with Gasteiger partial charge in [-0.05, 0) is 12.1 Å². The van der Waals surface area contributed by atoms with Crippen molar-refractivity contribution in [3.63, 3.8) is 0 Å². The number of nitrogens with two attached hydrogens (primary N) is 1. The molecule has 140 valence electrons. The van der Waals surface area contributed by atoms with E-state index in [1.54, 1.807) is 6.21 Å². The smallest absolute Gasteiger partial charge is 0.221 e. The summed E-state index contributed by atoms with van der Waals surface area (Å²) >= 11 is 0. The number of fused-ring (bicyclic) bond motifs is 2. The summed E-state index contributed by atoms with van der Waals surface area (Å²) in [5.74, 6) is 0.631. The van der Waals surface area contributed by atoms with E-state index in [1.165, 1.54) is 13.1 Å². The number of rotatable bonds is 4. The van der Waals surface area contributed by atoms with Gasteiger partial charge in [-0.3, -0.25) is 14.5 Å². The number of ether oxygens (including phenoxy) is 2. The van der Waals surface area contributed by atoms with Crippen molar-refractivity contribution >= 4 is 23.4 Å². The van der Waals surface area contributed by atoms with Crippen LogP contribution in [0.3, 0.4) is 0 Å². The van der Waals surface area contributed by atoms with Crippen LogP contribution in [-0.4, -0.2) is 41.2 Å². The van der Waals surface area contributed by atoms with Gasteiger partial charge in [0.15, 0.2) is 0 Å². The number of carbonyl (C=O) groups excluding carboxylic acids is 1. The summed E-state index contributed by atoms with van der Waals surface area (Å²) in [5, 5.41) is 7.44. The molecule has 0 bridgehead atoms. The fourth-order valence-electron chi connectivity index (χ4n) is 2.95. The Balaban J connectivity index is 1.55. The van der Waals surface area contributed by atoms with Gasteiger partial charge >= 0.3 is 0 Å². The van der Waals surface area contributed by atoms with E-state index in [-0.39, 0.29) is 11.9 Å². The molecule has 0 spiro atoms. The largest absolute Gasteiger partial charge is 0.487 e. The molecule has 0 aliphatic carbocycles. The molecule has 2 aromatic rings. The van der Waals surface area contributed by atoms with Crippen LogP contribution in [0.2, 0.25) is 0 Å². The quantitative estimate of drug-likeness (QED) is 0.798. The molecule has 4 rings (SSSR count). The maximum absolute atomic E-state index is 11.2. The Kier molecular flexibility index (Phi) is 4.64. The van der Waals surface area contributed by atoms with E-state index in [0.717, 1.165) is 28.3 Å². The molecule has 0 atom stereocenters. The Morgan fingerprint density at radius 3 is 2.96 bits per heavy atom. The van der Waals surface area contributed by atoms with Crippen molar-refractivity contribution in [2.75, 3.05) is 18.5 Å². The lowest BCUT2D eigenvalue weighted by atomic mass is 10.2. The molecule has 27 heavy (non-hydrogen) atoms. The summed E-state index contributed by atoms with van der Waals surface area (Å²) in [6.07, 6.45) is 3.27. The van der Waals surface area contributed by atoms with Crippen molar-refractivity contribution < 1.29 is 14.3 Å². The molecule has 8 heteroatoms. The molecule has 2 aliphatic rings. The Bertz CT molecular complexity index is 927. The van der Waals surface area contributed by atoms with Crippen LogP contribution in [0.15, 0.2) is 35.5 Å². The van der Waals surface area contributed by atoms with Crippen molar-refractivity contribution in [1.82, 2.24) is 9.78 Å². The fourth-order valence-corrected chi connectivity index (χ4v) is 2.95. The molecule has 1 amide bonds. The lowest BCUT2D eigenvalue weighted by molar-refractivity contribution is -0.114. The van der Waals surface area contributed by atoms with E-state index in [1.807, 2.05) is 28.9 Å². The van der Waals surface area contributed by atoms with E-state index in [9.17, 15) is 4.79 Å². The highest BCUT2D eigenvalue weighted by atomic mass is 16.5. The minimum atomic E-state index is -0.114. The first-order valence-corrected chi connectivity index (χ1v) is 8.75. The number of hydrogen-bond acceptors (Lipinski definition) is 6. The van der Waals surface area contributed by atoms with Gasteiger partial charge in [-0.25, -0.2) is 0 Å². The third-order valence-electron chi connectivity index (χ3n) is 4.47. The predicted molar refractivity (Wildman–Crippen MR) is 102 cm³/mol. The van der Waals surface area contributed by atoms with Crippen LogP contribution in [0.25, 0.3) is 5.57 Å². The zero-order chi connectivity index (χ0) is 18.8. The number of allylic oxidation sites excluding steroid dienone is 1. The van der Waals surface area contributed by atoms with Crippen molar-refractivity contribution in [2.45, 2.75) is 26.1 Å². The normalized spacial score (nSPS) is 16.9. The summed E-state index contributed by atoms with van der Waals surface area (Å²) < 4.78 is 13.0. The lowest BCUT2D eigenvalue weighted by Crippen LogP contribution is -2.31. The maximum Gasteiger partial charge on any atom is 0.221 e. The molecule has 0 saturated carbocycles. The summed E-state index contributed by atoms with van der Waals surface area (Å²) in [5.41, 5.74) is 9.96. The van der Waals surface area contributed by atoms with Crippen LogP contribution in [0.4, 0.5) is 5.69 Å². The zero-order valence-electron chi connectivity index (χ0n) is 15.0. The Morgan fingerprint density at radius 2 is 2.26 bits per heavy atom. The Hall–Kier alpha value is -3.13. The van der Waals surface area contributed by atoms with Gasteiger partial charge in [0.1, 0.15) is 12.4 Å². The third kappa shape index (κ3) is 3.70. The molecule has 0 unspecified atom stereocenters. The van der Waals surface area contributed by atoms with Crippen LogP contribution in [0.5, 0.6) is 5.75 Å². The second kappa shape index (κ2) is 7.24. The predicted octanol–water partition coefficient (Wildman–Crippen LogP) is 1.55. The van der Waals surface area contributed by atoms with Crippen molar-refractivity contribution in [2.24, 2.45) is 10.7 Å². The standard InChI is InChI=1S/C19H21N5O3/c1-12(25)22-15-3-2-13-8-24-17(11-27-19(13)4-15)5-18(23-24)14(6-20)7-21-16-9-26-10-16/h2-7,16H,8-11,20H2,1H3,(H,22,25)/b14-6+,21-7?. The van der Waals surface area contributed by atoms with E-state index >= 15 is 0 Å². The van der Waals surface area contributed by atoms with Crippen molar-refractivity contribution in [1.29, 1.82) is 0 Å². The summed E-state index contributed by atoms with van der Waals surface area (Å²) in [7, 11) is 0. The number of amides is 1. The van der Waals surface area contributed by atoms with E-state index < -0.39 is 0 Å². The number of aliphatic imine (C=N–C) groups is 1. The lowest BCUT2D eigenvalue weighted by Gasteiger charge is -2.21. The van der Waals surface area contributed by atoms with Crippen LogP contribution in [0.1, 0.15) is 23.9 Å². The van der Waals surface area contributed by atoms with Gasteiger partial charge in [0.25, 0.3) is 0 Å². The topological polar surface area (TPSA) is 104 Å². The highest BCUT2D eigenvalue weighted by molar-refractivity contribution is 6.08. The molecule has 3 N–H and O–H groups in total. The molecule has 3 heterocycles. The Labute approximate surface area is 156 Å². The van der Waals surface area contributed by atoms with Crippen LogP contribution in [0, 0.1) is 0 Å². The average molecular weight is 367 g/mol. The number of hydrogen-bond donors (Lipinski definition) is 2. The van der Waals surface area contributed by atoms with Gasteiger partial charge in [0.05, 0.1) is 37.2 Å². The number of aromatic nitrogens is 2. The molecule has 1 fully saturated rings. The molecule has 0 radical (unpaired) electrons. The van der Waals surface area contributed by atoms with Gasteiger partial charge in [-0.2, -0.15) is 5.10 Å². The molecule has 1 aromatic heterocycles. The minimum absolute atomic E-state index is 0.114. The summed E-state index contributed by atoms with van der Waals surface area (Å²) in [6, 6.07) is 7.80. The van der Waals surface area contributed by atoms with Gasteiger partial charge in [0, 0.05) is 42.2 Å². The zero-order valence-corrected chi connectivity index (χ0v) is 15.0. The number of benzene rings is 1. The van der Waals surface area contributed by atoms with Crippen LogP contribution < -0.4 is 15.8 Å². The monoisotopic (exact) mass is 367 g/mol. The number of carbonyl (C=O) groups is 1. The second-order valence-corrected chi connectivity index (χ2v) is 6.56. The summed E-state index contributed by atoms with van der Waals surface area (Å²) in [4.78, 5) is 15.7. The molecular weight excluding hydrogens is 346 g/mol. The second-order valence-electron chi connectivity index (χ2n) is 6.56. The van der Waals surface area contributed by atoms with Gasteiger partial charge in [0.2, 0.25) is 5.91 Å². The van der Waals surface area contributed by atoms with Crippen molar-refractivity contribution in [3.05, 3.63) is 47.4 Å². The molecule has 1 saturated heterocycles. The van der Waals surface area contributed by atoms with E-state index in [2.05, 4.69) is 15.4 Å². The maximum atomic E-state index is 11.2. The van der Waals surface area contributed by atoms with Gasteiger partial charge in [-0.15, -0.1) is 0 Å². The molecular formula is C19H21N5O3.